The number of benzene rings is 1. The van der Waals surface area contributed by atoms with Gasteiger partial charge in [-0.1, -0.05) is 36.9 Å². The van der Waals surface area contributed by atoms with Crippen LogP contribution in [0.15, 0.2) is 42.7 Å². The first-order valence-electron chi connectivity index (χ1n) is 8.42. The summed E-state index contributed by atoms with van der Waals surface area (Å²) in [5.74, 6) is -2.05. The highest BCUT2D eigenvalue weighted by molar-refractivity contribution is 6.07. The van der Waals surface area contributed by atoms with E-state index in [1.54, 1.807) is 6.92 Å². The molecule has 0 spiro atoms. The maximum absolute atomic E-state index is 12.4. The lowest BCUT2D eigenvalue weighted by Gasteiger charge is -2.43. The van der Waals surface area contributed by atoms with Crippen LogP contribution in [0.5, 0.6) is 0 Å². The standard InChI is InChI=1S/C18H24N4O4/c1-11(13-7-4-3-5-8-13)21-18(26)22-15(17(24)25)14(16(22)23)9-6-10-20-12(2)19/h3-5,7-8,11,14-15,20H,2,6,9-10,19H2,1H3,(H,21,26)(H,24,25). The molecule has 0 saturated carbocycles. The van der Waals surface area contributed by atoms with Gasteiger partial charge in [0.05, 0.1) is 17.8 Å². The fraction of sp³-hybridized carbons (Fsp3) is 0.389. The van der Waals surface area contributed by atoms with Gasteiger partial charge in [0.25, 0.3) is 0 Å². The quantitative estimate of drug-likeness (QED) is 0.407. The van der Waals surface area contributed by atoms with E-state index >= 15 is 0 Å². The fourth-order valence-electron chi connectivity index (χ4n) is 2.99. The van der Waals surface area contributed by atoms with E-state index in [9.17, 15) is 19.5 Å². The molecule has 1 aliphatic rings. The van der Waals surface area contributed by atoms with Crippen molar-refractivity contribution in [1.29, 1.82) is 0 Å². The Labute approximate surface area is 152 Å². The molecule has 8 nitrogen and oxygen atoms in total. The first-order chi connectivity index (χ1) is 12.3. The molecule has 3 amide bonds. The molecule has 1 aromatic rings. The number of likely N-dealkylation sites (tertiary alicyclic amines) is 1. The number of urea groups is 1. The van der Waals surface area contributed by atoms with Crippen molar-refractivity contribution in [2.75, 3.05) is 6.54 Å². The van der Waals surface area contributed by atoms with E-state index < -0.39 is 29.9 Å². The number of β-lactam (4-membered cyclic amide) rings is 1. The number of hydrogen-bond donors (Lipinski definition) is 4. The summed E-state index contributed by atoms with van der Waals surface area (Å²) in [6.45, 7) is 5.76. The molecule has 1 heterocycles. The van der Waals surface area contributed by atoms with E-state index in [1.807, 2.05) is 30.3 Å². The molecule has 140 valence electrons. The second kappa shape index (κ2) is 8.37. The van der Waals surface area contributed by atoms with Crippen molar-refractivity contribution in [2.45, 2.75) is 31.8 Å². The highest BCUT2D eigenvalue weighted by Crippen LogP contribution is 2.31. The molecule has 0 radical (unpaired) electrons. The second-order valence-electron chi connectivity index (χ2n) is 6.27. The van der Waals surface area contributed by atoms with Gasteiger partial charge < -0.3 is 21.5 Å². The zero-order chi connectivity index (χ0) is 19.3. The maximum Gasteiger partial charge on any atom is 0.327 e. The Hall–Kier alpha value is -3.03. The number of hydrogen-bond acceptors (Lipinski definition) is 5. The van der Waals surface area contributed by atoms with Gasteiger partial charge in [-0.25, -0.2) is 14.5 Å². The molecule has 0 bridgehead atoms. The first kappa shape index (κ1) is 19.3. The van der Waals surface area contributed by atoms with E-state index in [1.165, 1.54) is 0 Å². The third kappa shape index (κ3) is 4.33. The van der Waals surface area contributed by atoms with Crippen molar-refractivity contribution in [2.24, 2.45) is 11.7 Å². The summed E-state index contributed by atoms with van der Waals surface area (Å²) in [5.41, 5.74) is 6.25. The summed E-state index contributed by atoms with van der Waals surface area (Å²) in [4.78, 5) is 37.0. The maximum atomic E-state index is 12.4. The van der Waals surface area contributed by atoms with Crippen molar-refractivity contribution in [3.63, 3.8) is 0 Å². The predicted molar refractivity (Wildman–Crippen MR) is 95.7 cm³/mol. The molecular formula is C18H24N4O4. The zero-order valence-electron chi connectivity index (χ0n) is 14.6. The van der Waals surface area contributed by atoms with Gasteiger partial charge in [-0.15, -0.1) is 0 Å². The minimum absolute atomic E-state index is 0.315. The van der Waals surface area contributed by atoms with E-state index in [2.05, 4.69) is 17.2 Å². The van der Waals surface area contributed by atoms with Gasteiger partial charge in [0.2, 0.25) is 5.91 Å². The summed E-state index contributed by atoms with van der Waals surface area (Å²) >= 11 is 0. The van der Waals surface area contributed by atoms with Crippen LogP contribution in [0.4, 0.5) is 4.79 Å². The number of carbonyl (C=O) groups excluding carboxylic acids is 2. The molecule has 0 aliphatic carbocycles. The van der Waals surface area contributed by atoms with E-state index in [0.717, 1.165) is 10.5 Å². The molecule has 5 N–H and O–H groups in total. The Balaban J connectivity index is 1.95. The minimum Gasteiger partial charge on any atom is -0.480 e. The Kier molecular flexibility index (Phi) is 6.21. The van der Waals surface area contributed by atoms with Crippen molar-refractivity contribution < 1.29 is 19.5 Å². The van der Waals surface area contributed by atoms with E-state index in [0.29, 0.717) is 25.2 Å². The molecule has 2 rings (SSSR count). The summed E-state index contributed by atoms with van der Waals surface area (Å²) in [6, 6.07) is 7.05. The summed E-state index contributed by atoms with van der Waals surface area (Å²) in [7, 11) is 0. The average molecular weight is 360 g/mol. The third-order valence-electron chi connectivity index (χ3n) is 4.37. The second-order valence-corrected chi connectivity index (χ2v) is 6.27. The molecule has 0 aromatic heterocycles. The molecule has 26 heavy (non-hydrogen) atoms. The Morgan fingerprint density at radius 2 is 2.00 bits per heavy atom. The lowest BCUT2D eigenvalue weighted by molar-refractivity contribution is -0.166. The van der Waals surface area contributed by atoms with Crippen molar-refractivity contribution in [1.82, 2.24) is 15.5 Å². The molecule has 1 aromatic carbocycles. The number of carboxylic acid groups (broad SMARTS) is 1. The van der Waals surface area contributed by atoms with Gasteiger partial charge in [-0.3, -0.25) is 4.79 Å². The van der Waals surface area contributed by atoms with Crippen LogP contribution in [-0.4, -0.2) is 40.5 Å². The highest BCUT2D eigenvalue weighted by Gasteiger charge is 2.54. The SMILES string of the molecule is C=C(N)NCCCC1C(=O)N(C(=O)NC(C)c2ccccc2)C1C(=O)O. The number of amides is 3. The van der Waals surface area contributed by atoms with Crippen molar-refractivity contribution in [3.8, 4) is 0 Å². The molecule has 3 unspecified atom stereocenters. The molecular weight excluding hydrogens is 336 g/mol. The molecule has 1 saturated heterocycles. The molecule has 1 aliphatic heterocycles. The van der Waals surface area contributed by atoms with Gasteiger partial charge in [0, 0.05) is 6.54 Å². The van der Waals surface area contributed by atoms with Crippen LogP contribution in [-0.2, 0) is 9.59 Å². The lowest BCUT2D eigenvalue weighted by Crippen LogP contribution is -2.68. The number of imide groups is 1. The molecule has 3 atom stereocenters. The van der Waals surface area contributed by atoms with Crippen LogP contribution < -0.4 is 16.4 Å². The lowest BCUT2D eigenvalue weighted by atomic mass is 9.84. The predicted octanol–water partition coefficient (Wildman–Crippen LogP) is 1.17. The zero-order valence-corrected chi connectivity index (χ0v) is 14.6. The molecule has 1 fully saturated rings. The number of carboxylic acids is 1. The van der Waals surface area contributed by atoms with Crippen LogP contribution in [0.2, 0.25) is 0 Å². The van der Waals surface area contributed by atoms with Gasteiger partial charge in [-0.2, -0.15) is 0 Å². The summed E-state index contributed by atoms with van der Waals surface area (Å²) in [5, 5.41) is 14.9. The van der Waals surface area contributed by atoms with Crippen LogP contribution in [0.25, 0.3) is 0 Å². The third-order valence-corrected chi connectivity index (χ3v) is 4.37. The van der Waals surface area contributed by atoms with E-state index in [4.69, 9.17) is 5.73 Å². The largest absolute Gasteiger partial charge is 0.480 e. The van der Waals surface area contributed by atoms with Crippen LogP contribution in [0, 0.1) is 5.92 Å². The Bertz CT molecular complexity index is 692. The Morgan fingerprint density at radius 1 is 1.35 bits per heavy atom. The van der Waals surface area contributed by atoms with Gasteiger partial charge >= 0.3 is 12.0 Å². The Morgan fingerprint density at radius 3 is 2.58 bits per heavy atom. The minimum atomic E-state index is -1.19. The normalized spacial score (nSPS) is 20.0. The fourth-order valence-corrected chi connectivity index (χ4v) is 2.99. The summed E-state index contributed by atoms with van der Waals surface area (Å²) in [6.07, 6.45) is 0.903. The number of aliphatic carboxylic acids is 1. The van der Waals surface area contributed by atoms with Crippen LogP contribution >= 0.6 is 0 Å². The van der Waals surface area contributed by atoms with Gasteiger partial charge in [-0.05, 0) is 25.3 Å². The number of rotatable bonds is 8. The molecule has 8 heteroatoms. The monoisotopic (exact) mass is 360 g/mol. The van der Waals surface area contributed by atoms with Crippen LogP contribution in [0.1, 0.15) is 31.4 Å². The number of nitrogens with one attached hydrogen (secondary N) is 2. The number of nitrogens with zero attached hydrogens (tertiary/aromatic N) is 1. The van der Waals surface area contributed by atoms with Crippen molar-refractivity contribution in [3.05, 3.63) is 48.3 Å². The number of nitrogens with two attached hydrogens (primary N) is 1. The first-order valence-corrected chi connectivity index (χ1v) is 8.42. The average Bonchev–Trinajstić information content (AvgIpc) is 2.59. The summed E-state index contributed by atoms with van der Waals surface area (Å²) < 4.78 is 0. The topological polar surface area (TPSA) is 125 Å². The van der Waals surface area contributed by atoms with E-state index in [-0.39, 0.29) is 6.04 Å². The smallest absolute Gasteiger partial charge is 0.327 e. The van der Waals surface area contributed by atoms with Crippen molar-refractivity contribution >= 4 is 17.9 Å². The highest BCUT2D eigenvalue weighted by atomic mass is 16.4. The van der Waals surface area contributed by atoms with Gasteiger partial charge in [0.1, 0.15) is 0 Å². The van der Waals surface area contributed by atoms with Gasteiger partial charge in [0.15, 0.2) is 6.04 Å². The number of carbonyl (C=O) groups is 3. The van der Waals surface area contributed by atoms with Crippen LogP contribution in [0.3, 0.4) is 0 Å².